The maximum Gasteiger partial charge on any atom is 0.106 e. The topological polar surface area (TPSA) is 12.9 Å². The molecule has 0 saturated carbocycles. The van der Waals surface area contributed by atoms with Gasteiger partial charge in [-0.15, -0.1) is 0 Å². The number of hydrogen-bond acceptors (Lipinski definition) is 1. The predicted octanol–water partition coefficient (Wildman–Crippen LogP) is 1.78. The Morgan fingerprint density at radius 1 is 1.67 bits per heavy atom. The summed E-state index contributed by atoms with van der Waals surface area (Å²) in [5.74, 6) is 0. The number of halogens is 1. The minimum atomic E-state index is 0.856. The molecule has 9 heavy (non-hydrogen) atoms. The molecule has 0 N–H and O–H groups in total. The van der Waals surface area contributed by atoms with E-state index in [0.717, 1.165) is 13.2 Å². The summed E-state index contributed by atoms with van der Waals surface area (Å²) in [6, 6.07) is 4.07. The molecule has 1 atom stereocenters. The van der Waals surface area contributed by atoms with Gasteiger partial charge in [-0.3, -0.25) is 0 Å². The molecule has 1 aromatic rings. The third-order valence-corrected chi connectivity index (χ3v) is 2.34. The predicted molar refractivity (Wildman–Crippen MR) is 45.8 cm³/mol. The van der Waals surface area contributed by atoms with Crippen LogP contribution in [0.4, 0.5) is 0 Å². The van der Waals surface area contributed by atoms with Crippen molar-refractivity contribution in [2.45, 2.75) is 0 Å². The molecule has 0 aliphatic heterocycles. The SMILES string of the molecule is CPc1ccnc(Br)c1. The molecule has 48 valence electrons. The number of aromatic nitrogens is 1. The van der Waals surface area contributed by atoms with E-state index in [1.54, 1.807) is 0 Å². The second-order valence-corrected chi connectivity index (χ2v) is 3.51. The van der Waals surface area contributed by atoms with E-state index in [9.17, 15) is 0 Å². The Bertz CT molecular complexity index is 202. The molecule has 3 heteroatoms. The fourth-order valence-corrected chi connectivity index (χ4v) is 1.66. The molecule has 1 nitrogen and oxygen atoms in total. The van der Waals surface area contributed by atoms with Crippen molar-refractivity contribution in [1.29, 1.82) is 0 Å². The molecule has 0 radical (unpaired) electrons. The van der Waals surface area contributed by atoms with Crippen molar-refractivity contribution >= 4 is 29.8 Å². The third kappa shape index (κ3) is 2.04. The van der Waals surface area contributed by atoms with Crippen molar-refractivity contribution in [2.75, 3.05) is 6.66 Å². The summed E-state index contributed by atoms with van der Waals surface area (Å²) in [5, 5.41) is 1.34. The molecular weight excluding hydrogens is 197 g/mol. The molecule has 0 aliphatic rings. The standard InChI is InChI=1S/C6H7BrNP/c1-9-5-2-3-8-6(7)4-5/h2-4,9H,1H3. The van der Waals surface area contributed by atoms with Gasteiger partial charge in [-0.1, -0.05) is 8.58 Å². The first-order valence-corrected chi connectivity index (χ1v) is 4.91. The first kappa shape index (κ1) is 7.17. The average Bonchev–Trinajstić information content (AvgIpc) is 1.88. The molecule has 0 spiro atoms. The van der Waals surface area contributed by atoms with Gasteiger partial charge in [0.05, 0.1) is 0 Å². The van der Waals surface area contributed by atoms with E-state index in [4.69, 9.17) is 0 Å². The first-order valence-electron chi connectivity index (χ1n) is 2.62. The van der Waals surface area contributed by atoms with Crippen molar-refractivity contribution in [3.8, 4) is 0 Å². The van der Waals surface area contributed by atoms with Gasteiger partial charge in [0.1, 0.15) is 4.60 Å². The summed E-state index contributed by atoms with van der Waals surface area (Å²) in [4.78, 5) is 4.01. The third-order valence-electron chi connectivity index (χ3n) is 1.02. The van der Waals surface area contributed by atoms with Crippen molar-refractivity contribution in [2.24, 2.45) is 0 Å². The quantitative estimate of drug-likeness (QED) is 0.501. The van der Waals surface area contributed by atoms with Crippen LogP contribution in [0.3, 0.4) is 0 Å². The zero-order valence-corrected chi connectivity index (χ0v) is 7.64. The fourth-order valence-electron chi connectivity index (χ4n) is 0.558. The zero-order chi connectivity index (χ0) is 6.69. The number of hydrogen-bond donors (Lipinski definition) is 0. The van der Waals surface area contributed by atoms with Crippen LogP contribution in [0.5, 0.6) is 0 Å². The summed E-state index contributed by atoms with van der Waals surface area (Å²) < 4.78 is 0.925. The van der Waals surface area contributed by atoms with Gasteiger partial charge < -0.3 is 0 Å². The Balaban J connectivity index is 2.94. The van der Waals surface area contributed by atoms with Gasteiger partial charge in [-0.2, -0.15) is 0 Å². The van der Waals surface area contributed by atoms with Gasteiger partial charge in [0.15, 0.2) is 0 Å². The lowest BCUT2D eigenvalue weighted by Gasteiger charge is -1.93. The molecule has 1 aromatic heterocycles. The van der Waals surface area contributed by atoms with E-state index in [1.807, 2.05) is 18.3 Å². The molecule has 1 heterocycles. The molecule has 0 fully saturated rings. The van der Waals surface area contributed by atoms with Crippen LogP contribution < -0.4 is 5.30 Å². The van der Waals surface area contributed by atoms with Crippen molar-refractivity contribution in [3.63, 3.8) is 0 Å². The lowest BCUT2D eigenvalue weighted by molar-refractivity contribution is 1.29. The van der Waals surface area contributed by atoms with Crippen molar-refractivity contribution < 1.29 is 0 Å². The summed E-state index contributed by atoms with van der Waals surface area (Å²) in [6.45, 7) is 2.15. The Morgan fingerprint density at radius 2 is 2.44 bits per heavy atom. The maximum atomic E-state index is 4.01. The van der Waals surface area contributed by atoms with Gasteiger partial charge in [-0.05, 0) is 40.0 Å². The minimum Gasteiger partial charge on any atom is -0.249 e. The molecule has 0 saturated heterocycles. The minimum absolute atomic E-state index is 0.856. The summed E-state index contributed by atoms with van der Waals surface area (Å²) in [6.07, 6.45) is 1.82. The Kier molecular flexibility index (Phi) is 2.62. The molecule has 0 bridgehead atoms. The lowest BCUT2D eigenvalue weighted by Crippen LogP contribution is -1.92. The van der Waals surface area contributed by atoms with Crippen LogP contribution >= 0.6 is 24.5 Å². The van der Waals surface area contributed by atoms with Crippen LogP contribution in [0.15, 0.2) is 22.9 Å². The van der Waals surface area contributed by atoms with Crippen molar-refractivity contribution in [3.05, 3.63) is 22.9 Å². The van der Waals surface area contributed by atoms with Crippen LogP contribution in [0, 0.1) is 0 Å². The number of pyridine rings is 1. The molecule has 0 aliphatic carbocycles. The second-order valence-electron chi connectivity index (χ2n) is 1.62. The Labute approximate surface area is 64.8 Å². The van der Waals surface area contributed by atoms with Crippen LogP contribution in [-0.4, -0.2) is 11.6 Å². The van der Waals surface area contributed by atoms with Crippen LogP contribution in [0.25, 0.3) is 0 Å². The Hall–Kier alpha value is 0.0600. The van der Waals surface area contributed by atoms with Gasteiger partial charge in [0.25, 0.3) is 0 Å². The highest BCUT2D eigenvalue weighted by atomic mass is 79.9. The molecule has 1 unspecified atom stereocenters. The van der Waals surface area contributed by atoms with Gasteiger partial charge in [0, 0.05) is 6.20 Å². The highest BCUT2D eigenvalue weighted by Crippen LogP contribution is 2.07. The van der Waals surface area contributed by atoms with Crippen LogP contribution in [0.1, 0.15) is 0 Å². The molecular formula is C6H7BrNP. The highest BCUT2D eigenvalue weighted by Gasteiger charge is 1.88. The van der Waals surface area contributed by atoms with Gasteiger partial charge in [0.2, 0.25) is 0 Å². The summed E-state index contributed by atoms with van der Waals surface area (Å²) in [5.41, 5.74) is 0. The number of rotatable bonds is 1. The number of nitrogens with zero attached hydrogens (tertiary/aromatic N) is 1. The monoisotopic (exact) mass is 203 g/mol. The van der Waals surface area contributed by atoms with E-state index in [2.05, 4.69) is 27.6 Å². The van der Waals surface area contributed by atoms with Gasteiger partial charge >= 0.3 is 0 Å². The van der Waals surface area contributed by atoms with E-state index < -0.39 is 0 Å². The Morgan fingerprint density at radius 3 is 2.89 bits per heavy atom. The summed E-state index contributed by atoms with van der Waals surface area (Å²) in [7, 11) is 0.856. The van der Waals surface area contributed by atoms with Gasteiger partial charge in [-0.25, -0.2) is 4.98 Å². The highest BCUT2D eigenvalue weighted by molar-refractivity contribution is 9.10. The summed E-state index contributed by atoms with van der Waals surface area (Å²) >= 11 is 3.30. The maximum absolute atomic E-state index is 4.01. The smallest absolute Gasteiger partial charge is 0.106 e. The second kappa shape index (κ2) is 3.28. The van der Waals surface area contributed by atoms with E-state index >= 15 is 0 Å². The lowest BCUT2D eigenvalue weighted by atomic mass is 10.5. The normalized spacial score (nSPS) is 10.9. The molecule has 0 amide bonds. The first-order chi connectivity index (χ1) is 4.33. The fraction of sp³-hybridized carbons (Fsp3) is 0.167. The zero-order valence-electron chi connectivity index (χ0n) is 5.06. The largest absolute Gasteiger partial charge is 0.249 e. The van der Waals surface area contributed by atoms with E-state index in [1.165, 1.54) is 5.30 Å². The average molecular weight is 204 g/mol. The molecule has 1 rings (SSSR count). The van der Waals surface area contributed by atoms with E-state index in [-0.39, 0.29) is 0 Å². The van der Waals surface area contributed by atoms with Crippen molar-refractivity contribution in [1.82, 2.24) is 4.98 Å². The van der Waals surface area contributed by atoms with E-state index in [0.29, 0.717) is 0 Å². The van der Waals surface area contributed by atoms with Crippen LogP contribution in [-0.2, 0) is 0 Å². The van der Waals surface area contributed by atoms with Crippen LogP contribution in [0.2, 0.25) is 0 Å². The molecule has 0 aromatic carbocycles.